The van der Waals surface area contributed by atoms with Crippen molar-refractivity contribution in [3.8, 4) is 0 Å². The first-order chi connectivity index (χ1) is 12.2. The molecule has 0 saturated heterocycles. The van der Waals surface area contributed by atoms with E-state index in [9.17, 15) is 26.8 Å². The van der Waals surface area contributed by atoms with Crippen molar-refractivity contribution >= 4 is 38.9 Å². The second kappa shape index (κ2) is 6.37. The smallest absolute Gasteiger partial charge is 0.262 e. The van der Waals surface area contributed by atoms with Crippen LogP contribution in [0.5, 0.6) is 0 Å². The molecule has 0 aromatic heterocycles. The zero-order valence-corrected chi connectivity index (χ0v) is 14.2. The zero-order chi connectivity index (χ0) is 19.1. The number of sulfonamides is 1. The lowest BCUT2D eigenvalue weighted by atomic mass is 10.1. The summed E-state index contributed by atoms with van der Waals surface area (Å²) in [4.78, 5) is 23.4. The normalized spacial score (nSPS) is 17.0. The average molecular weight is 381 g/mol. The molecule has 3 rings (SSSR count). The number of carbonyl (C=O) groups is 2. The summed E-state index contributed by atoms with van der Waals surface area (Å²) in [7, 11) is -4.26. The van der Waals surface area contributed by atoms with Crippen LogP contribution in [-0.2, 0) is 19.6 Å². The maximum Gasteiger partial charge on any atom is 0.262 e. The van der Waals surface area contributed by atoms with Crippen molar-refractivity contribution in [2.24, 2.45) is 5.92 Å². The third kappa shape index (κ3) is 3.36. The van der Waals surface area contributed by atoms with Gasteiger partial charge in [-0.1, -0.05) is 0 Å². The lowest BCUT2D eigenvalue weighted by molar-refractivity contribution is -0.128. The van der Waals surface area contributed by atoms with Gasteiger partial charge in [0.1, 0.15) is 17.6 Å². The second-order valence-corrected chi connectivity index (χ2v) is 7.32. The van der Waals surface area contributed by atoms with Crippen molar-refractivity contribution in [3.05, 3.63) is 48.0 Å². The van der Waals surface area contributed by atoms with Crippen LogP contribution in [0, 0.1) is 17.6 Å². The number of carbonyl (C=O) groups excluding carboxylic acids is 2. The molecule has 26 heavy (non-hydrogen) atoms. The third-order valence-electron chi connectivity index (χ3n) is 3.78. The van der Waals surface area contributed by atoms with E-state index in [4.69, 9.17) is 0 Å². The summed E-state index contributed by atoms with van der Waals surface area (Å²) in [6, 6.07) is 5.93. The number of fused-ring (bicyclic) bond motifs is 1. The topological polar surface area (TPSA) is 104 Å². The SMILES string of the molecule is CC1C(=O)Nc2ccc(S(=O)(=O)Nc3cc(F)ccc3F)cc2NC1=O. The molecule has 0 fully saturated rings. The molecule has 1 heterocycles. The Kier molecular flexibility index (Phi) is 4.36. The van der Waals surface area contributed by atoms with E-state index in [2.05, 4.69) is 10.6 Å². The van der Waals surface area contributed by atoms with Crippen LogP contribution in [-0.4, -0.2) is 20.2 Å². The number of amides is 2. The number of anilines is 3. The number of rotatable bonds is 3. The lowest BCUT2D eigenvalue weighted by Crippen LogP contribution is -2.28. The number of halogens is 2. The van der Waals surface area contributed by atoms with Crippen LogP contribution in [0.3, 0.4) is 0 Å². The maximum atomic E-state index is 13.7. The molecule has 136 valence electrons. The van der Waals surface area contributed by atoms with Gasteiger partial charge in [0.15, 0.2) is 0 Å². The van der Waals surface area contributed by atoms with Gasteiger partial charge in [-0.2, -0.15) is 0 Å². The van der Waals surface area contributed by atoms with Crippen molar-refractivity contribution in [2.45, 2.75) is 11.8 Å². The van der Waals surface area contributed by atoms with E-state index < -0.39 is 45.1 Å². The fourth-order valence-corrected chi connectivity index (χ4v) is 3.37. The van der Waals surface area contributed by atoms with Crippen molar-refractivity contribution in [1.82, 2.24) is 0 Å². The van der Waals surface area contributed by atoms with Crippen molar-refractivity contribution in [2.75, 3.05) is 15.4 Å². The van der Waals surface area contributed by atoms with Gasteiger partial charge in [-0.15, -0.1) is 0 Å². The van der Waals surface area contributed by atoms with Gasteiger partial charge in [0.2, 0.25) is 11.8 Å². The Bertz CT molecular complexity index is 1020. The van der Waals surface area contributed by atoms with Crippen LogP contribution in [0.1, 0.15) is 6.92 Å². The molecule has 2 amide bonds. The quantitative estimate of drug-likeness (QED) is 0.710. The van der Waals surface area contributed by atoms with Crippen LogP contribution in [0.15, 0.2) is 41.3 Å². The van der Waals surface area contributed by atoms with E-state index in [-0.39, 0.29) is 16.3 Å². The highest BCUT2D eigenvalue weighted by atomic mass is 32.2. The molecule has 0 aliphatic carbocycles. The fraction of sp³-hybridized carbons (Fsp3) is 0.125. The number of hydrogen-bond acceptors (Lipinski definition) is 4. The van der Waals surface area contributed by atoms with Gasteiger partial charge in [-0.3, -0.25) is 14.3 Å². The second-order valence-electron chi connectivity index (χ2n) is 5.64. The minimum absolute atomic E-state index is 0.0790. The van der Waals surface area contributed by atoms with Crippen LogP contribution >= 0.6 is 0 Å². The number of nitrogens with one attached hydrogen (secondary N) is 3. The fourth-order valence-electron chi connectivity index (χ4n) is 2.28. The molecule has 0 bridgehead atoms. The summed E-state index contributed by atoms with van der Waals surface area (Å²) >= 11 is 0. The standard InChI is InChI=1S/C16H13F2N3O4S/c1-8-15(22)19-12-5-3-10(7-14(12)20-16(8)23)26(24,25)21-13-6-9(17)2-4-11(13)18/h2-8,21H,1H3,(H,19,22)(H,20,23). The van der Waals surface area contributed by atoms with Gasteiger partial charge in [0.05, 0.1) is 22.0 Å². The first kappa shape index (κ1) is 17.8. The highest BCUT2D eigenvalue weighted by molar-refractivity contribution is 7.92. The van der Waals surface area contributed by atoms with Crippen molar-refractivity contribution in [1.29, 1.82) is 0 Å². The molecule has 0 spiro atoms. The average Bonchev–Trinajstić information content (AvgIpc) is 2.68. The molecular formula is C16H13F2N3O4S. The Hall–Kier alpha value is -3.01. The van der Waals surface area contributed by atoms with Gasteiger partial charge < -0.3 is 10.6 Å². The van der Waals surface area contributed by atoms with Gasteiger partial charge >= 0.3 is 0 Å². The molecule has 1 aliphatic heterocycles. The van der Waals surface area contributed by atoms with Crippen LogP contribution in [0.4, 0.5) is 25.8 Å². The molecule has 1 unspecified atom stereocenters. The zero-order valence-electron chi connectivity index (χ0n) is 13.3. The minimum Gasteiger partial charge on any atom is -0.324 e. The number of hydrogen-bond donors (Lipinski definition) is 3. The monoisotopic (exact) mass is 381 g/mol. The summed E-state index contributed by atoms with van der Waals surface area (Å²) in [6.07, 6.45) is 0. The van der Waals surface area contributed by atoms with Gasteiger partial charge in [0, 0.05) is 6.07 Å². The van der Waals surface area contributed by atoms with E-state index in [0.717, 1.165) is 18.2 Å². The Morgan fingerprint density at radius 2 is 1.62 bits per heavy atom. The minimum atomic E-state index is -4.26. The maximum absolute atomic E-state index is 13.7. The van der Waals surface area contributed by atoms with E-state index in [1.807, 2.05) is 4.72 Å². The van der Waals surface area contributed by atoms with E-state index in [0.29, 0.717) is 6.07 Å². The Balaban J connectivity index is 1.97. The Morgan fingerprint density at radius 1 is 0.962 bits per heavy atom. The molecule has 0 saturated carbocycles. The molecule has 2 aromatic rings. The largest absolute Gasteiger partial charge is 0.324 e. The highest BCUT2D eigenvalue weighted by Gasteiger charge is 2.28. The first-order valence-electron chi connectivity index (χ1n) is 7.41. The summed E-state index contributed by atoms with van der Waals surface area (Å²) in [5.41, 5.74) is -0.246. The van der Waals surface area contributed by atoms with E-state index in [1.165, 1.54) is 19.1 Å². The molecule has 2 aromatic carbocycles. The summed E-state index contributed by atoms with van der Waals surface area (Å²) < 4.78 is 53.7. The van der Waals surface area contributed by atoms with Crippen LogP contribution < -0.4 is 15.4 Å². The molecule has 0 radical (unpaired) electrons. The Morgan fingerprint density at radius 3 is 2.31 bits per heavy atom. The lowest BCUT2D eigenvalue weighted by Gasteiger charge is -2.12. The molecule has 1 atom stereocenters. The van der Waals surface area contributed by atoms with Crippen molar-refractivity contribution < 1.29 is 26.8 Å². The Labute approximate surface area is 147 Å². The van der Waals surface area contributed by atoms with Gasteiger partial charge in [0.25, 0.3) is 10.0 Å². The summed E-state index contributed by atoms with van der Waals surface area (Å²) in [5.74, 6) is -3.84. The van der Waals surface area contributed by atoms with E-state index in [1.54, 1.807) is 0 Å². The first-order valence-corrected chi connectivity index (χ1v) is 8.89. The molecular weight excluding hydrogens is 368 g/mol. The molecule has 3 N–H and O–H groups in total. The summed E-state index contributed by atoms with van der Waals surface area (Å²) in [6.45, 7) is 1.41. The molecule has 1 aliphatic rings. The van der Waals surface area contributed by atoms with Crippen molar-refractivity contribution in [3.63, 3.8) is 0 Å². The molecule has 10 heteroatoms. The third-order valence-corrected chi connectivity index (χ3v) is 5.14. The predicted molar refractivity (Wildman–Crippen MR) is 90.0 cm³/mol. The van der Waals surface area contributed by atoms with E-state index >= 15 is 0 Å². The number of benzene rings is 2. The summed E-state index contributed by atoms with van der Waals surface area (Å²) in [5, 5.41) is 4.95. The van der Waals surface area contributed by atoms with Crippen LogP contribution in [0.25, 0.3) is 0 Å². The highest BCUT2D eigenvalue weighted by Crippen LogP contribution is 2.30. The predicted octanol–water partition coefficient (Wildman–Crippen LogP) is 2.29. The van der Waals surface area contributed by atoms with Crippen LogP contribution in [0.2, 0.25) is 0 Å². The van der Waals surface area contributed by atoms with Gasteiger partial charge in [-0.05, 0) is 37.3 Å². The van der Waals surface area contributed by atoms with Gasteiger partial charge in [-0.25, -0.2) is 17.2 Å². The molecule has 7 nitrogen and oxygen atoms in total.